The molecule has 0 spiro atoms. The van der Waals surface area contributed by atoms with Crippen molar-refractivity contribution >= 4 is 11.6 Å². The van der Waals surface area contributed by atoms with Crippen LogP contribution in [0.2, 0.25) is 0 Å². The number of phenols is 2. The van der Waals surface area contributed by atoms with Gasteiger partial charge in [-0.15, -0.1) is 0 Å². The van der Waals surface area contributed by atoms with E-state index >= 15 is 0 Å². The topological polar surface area (TPSA) is 86.8 Å². The molecule has 1 aliphatic rings. The van der Waals surface area contributed by atoms with Gasteiger partial charge in [-0.25, -0.2) is 0 Å². The van der Waals surface area contributed by atoms with Crippen molar-refractivity contribution in [3.8, 4) is 11.5 Å². The van der Waals surface area contributed by atoms with E-state index in [9.17, 15) is 15.0 Å². The number of nitrogen functional groups attached to an aromatic ring is 1. The molecule has 0 saturated carbocycles. The summed E-state index contributed by atoms with van der Waals surface area (Å²) in [5.41, 5.74) is 8.38. The number of carbonyl (C=O) groups is 1. The Bertz CT molecular complexity index is 674. The van der Waals surface area contributed by atoms with Crippen molar-refractivity contribution in [1.29, 1.82) is 0 Å². The van der Waals surface area contributed by atoms with Crippen LogP contribution in [0.3, 0.4) is 0 Å². The zero-order chi connectivity index (χ0) is 18.6. The number of anilines is 1. The van der Waals surface area contributed by atoms with E-state index in [2.05, 4.69) is 12.2 Å². The number of aromatic hydroxyl groups is 2. The molecule has 0 fully saturated rings. The highest BCUT2D eigenvalue weighted by Crippen LogP contribution is 2.38. The Morgan fingerprint density at radius 3 is 2.36 bits per heavy atom. The Balaban J connectivity index is 2.39. The van der Waals surface area contributed by atoms with Gasteiger partial charge >= 0.3 is 0 Å². The average molecular weight is 344 g/mol. The number of phenolic OH excluding ortho intramolecular Hbond substituents is 2. The van der Waals surface area contributed by atoms with E-state index in [-0.39, 0.29) is 29.0 Å². The number of allylic oxidation sites excluding steroid dienone is 1. The molecule has 0 bridgehead atoms. The van der Waals surface area contributed by atoms with Gasteiger partial charge in [0, 0.05) is 24.6 Å². The molecule has 0 saturated heterocycles. The van der Waals surface area contributed by atoms with Gasteiger partial charge in [-0.2, -0.15) is 0 Å². The van der Waals surface area contributed by atoms with Gasteiger partial charge in [0.2, 0.25) is 5.91 Å². The lowest BCUT2D eigenvalue weighted by Gasteiger charge is -2.27. The molecule has 0 radical (unpaired) electrons. The third-order valence-electron chi connectivity index (χ3n) is 4.88. The van der Waals surface area contributed by atoms with E-state index in [0.717, 1.165) is 36.0 Å². The highest BCUT2D eigenvalue weighted by atomic mass is 16.3. The van der Waals surface area contributed by atoms with Gasteiger partial charge in [-0.05, 0) is 43.9 Å². The minimum Gasteiger partial charge on any atom is -0.504 e. The molecule has 1 aromatic carbocycles. The van der Waals surface area contributed by atoms with Crippen LogP contribution in [0.25, 0.3) is 0 Å². The van der Waals surface area contributed by atoms with Crippen molar-refractivity contribution in [1.82, 2.24) is 4.90 Å². The third-order valence-corrected chi connectivity index (χ3v) is 4.88. The standard InChI is InChI=1S/C20H28N2O3/c1-4-13(2)18(20(25)22-9-7-5-6-8-10-22)14(3)15-11-16(21)19(24)17(23)12-15/h5-6,11-12,14,23-24H,4,7-10,21H2,1-3H3/b18-13-. The predicted octanol–water partition coefficient (Wildman–Crippen LogP) is 3.69. The molecule has 2 rings (SSSR count). The molecule has 1 aliphatic heterocycles. The number of carbonyl (C=O) groups excluding carboxylic acids is 1. The number of hydrogen-bond acceptors (Lipinski definition) is 4. The number of rotatable bonds is 4. The maximum atomic E-state index is 13.2. The highest BCUT2D eigenvalue weighted by Gasteiger charge is 2.26. The summed E-state index contributed by atoms with van der Waals surface area (Å²) in [4.78, 5) is 15.1. The number of nitrogens with zero attached hydrogens (tertiary/aromatic N) is 1. The maximum absolute atomic E-state index is 13.2. The van der Waals surface area contributed by atoms with Crippen LogP contribution in [0.1, 0.15) is 51.5 Å². The van der Waals surface area contributed by atoms with Crippen LogP contribution in [0.4, 0.5) is 5.69 Å². The molecule has 5 nitrogen and oxygen atoms in total. The molecule has 1 aromatic rings. The summed E-state index contributed by atoms with van der Waals surface area (Å²) in [6.45, 7) is 7.37. The minimum atomic E-state index is -0.321. The summed E-state index contributed by atoms with van der Waals surface area (Å²) in [6.07, 6.45) is 6.74. The van der Waals surface area contributed by atoms with Gasteiger partial charge in [0.15, 0.2) is 11.5 Å². The van der Waals surface area contributed by atoms with Gasteiger partial charge in [-0.1, -0.05) is 31.6 Å². The Morgan fingerprint density at radius 1 is 1.24 bits per heavy atom. The Kier molecular flexibility index (Phi) is 6.12. The second-order valence-electron chi connectivity index (χ2n) is 6.59. The molecule has 1 atom stereocenters. The molecule has 1 unspecified atom stereocenters. The first-order valence-corrected chi connectivity index (χ1v) is 8.82. The number of hydrogen-bond donors (Lipinski definition) is 3. The average Bonchev–Trinajstić information content (AvgIpc) is 2.88. The second kappa shape index (κ2) is 8.10. The highest BCUT2D eigenvalue weighted by molar-refractivity contribution is 5.96. The fourth-order valence-corrected chi connectivity index (χ4v) is 3.19. The van der Waals surface area contributed by atoms with Crippen molar-refractivity contribution in [3.05, 3.63) is 41.0 Å². The normalized spacial score (nSPS) is 17.0. The number of amides is 1. The summed E-state index contributed by atoms with van der Waals surface area (Å²) in [5.74, 6) is -0.764. The van der Waals surface area contributed by atoms with Crippen molar-refractivity contribution in [2.24, 2.45) is 0 Å². The Morgan fingerprint density at radius 2 is 1.84 bits per heavy atom. The van der Waals surface area contributed by atoms with Crippen LogP contribution in [0.15, 0.2) is 35.4 Å². The molecular formula is C20H28N2O3. The van der Waals surface area contributed by atoms with Crippen molar-refractivity contribution < 1.29 is 15.0 Å². The maximum Gasteiger partial charge on any atom is 0.250 e. The third kappa shape index (κ3) is 4.16. The molecule has 0 aliphatic carbocycles. The molecule has 1 amide bonds. The first kappa shape index (κ1) is 18.9. The zero-order valence-corrected chi connectivity index (χ0v) is 15.2. The molecule has 25 heavy (non-hydrogen) atoms. The number of benzene rings is 1. The van der Waals surface area contributed by atoms with Gasteiger partial charge in [-0.3, -0.25) is 4.79 Å². The lowest BCUT2D eigenvalue weighted by atomic mass is 9.87. The monoisotopic (exact) mass is 344 g/mol. The van der Waals surface area contributed by atoms with Crippen LogP contribution in [-0.2, 0) is 4.79 Å². The molecule has 5 heteroatoms. The zero-order valence-electron chi connectivity index (χ0n) is 15.2. The predicted molar refractivity (Wildman–Crippen MR) is 101 cm³/mol. The van der Waals surface area contributed by atoms with Crippen LogP contribution < -0.4 is 5.73 Å². The fraction of sp³-hybridized carbons (Fsp3) is 0.450. The summed E-state index contributed by atoms with van der Waals surface area (Å²) >= 11 is 0. The number of nitrogens with two attached hydrogens (primary N) is 1. The molecular weight excluding hydrogens is 316 g/mol. The van der Waals surface area contributed by atoms with Crippen LogP contribution in [0, 0.1) is 0 Å². The van der Waals surface area contributed by atoms with Crippen LogP contribution in [0.5, 0.6) is 11.5 Å². The van der Waals surface area contributed by atoms with E-state index in [0.29, 0.717) is 13.1 Å². The summed E-state index contributed by atoms with van der Waals surface area (Å²) < 4.78 is 0. The van der Waals surface area contributed by atoms with Crippen LogP contribution >= 0.6 is 0 Å². The summed E-state index contributed by atoms with van der Waals surface area (Å²) in [5, 5.41) is 19.6. The smallest absolute Gasteiger partial charge is 0.250 e. The van der Waals surface area contributed by atoms with Crippen molar-refractivity contribution in [2.45, 2.75) is 46.0 Å². The van der Waals surface area contributed by atoms with Gasteiger partial charge in [0.05, 0.1) is 5.69 Å². The molecule has 4 N–H and O–H groups in total. The van der Waals surface area contributed by atoms with Crippen molar-refractivity contribution in [2.75, 3.05) is 18.8 Å². The molecule has 1 heterocycles. The Labute approximate surface area is 149 Å². The van der Waals surface area contributed by atoms with E-state index in [1.807, 2.05) is 25.7 Å². The molecule has 136 valence electrons. The van der Waals surface area contributed by atoms with Gasteiger partial charge < -0.3 is 20.8 Å². The first-order valence-electron chi connectivity index (χ1n) is 8.82. The molecule has 0 aromatic heterocycles. The van der Waals surface area contributed by atoms with Crippen molar-refractivity contribution in [3.63, 3.8) is 0 Å². The minimum absolute atomic E-state index is 0.0432. The quantitative estimate of drug-likeness (QED) is 0.336. The Hall–Kier alpha value is -2.43. The van der Waals surface area contributed by atoms with Gasteiger partial charge in [0.25, 0.3) is 0 Å². The van der Waals surface area contributed by atoms with E-state index in [1.165, 1.54) is 6.07 Å². The lowest BCUT2D eigenvalue weighted by molar-refractivity contribution is -0.127. The summed E-state index contributed by atoms with van der Waals surface area (Å²) in [6, 6.07) is 3.11. The second-order valence-corrected chi connectivity index (χ2v) is 6.59. The van der Waals surface area contributed by atoms with E-state index < -0.39 is 0 Å². The lowest BCUT2D eigenvalue weighted by Crippen LogP contribution is -2.35. The van der Waals surface area contributed by atoms with Gasteiger partial charge in [0.1, 0.15) is 0 Å². The van der Waals surface area contributed by atoms with E-state index in [1.54, 1.807) is 6.07 Å². The summed E-state index contributed by atoms with van der Waals surface area (Å²) in [7, 11) is 0. The SMILES string of the molecule is CC/C(C)=C(\C(=O)N1CCC=CCC1)C(C)c1cc(N)c(O)c(O)c1. The largest absolute Gasteiger partial charge is 0.504 e. The first-order chi connectivity index (χ1) is 11.9. The van der Waals surface area contributed by atoms with Crippen LogP contribution in [-0.4, -0.2) is 34.1 Å². The fourth-order valence-electron chi connectivity index (χ4n) is 3.19. The van der Waals surface area contributed by atoms with E-state index in [4.69, 9.17) is 5.73 Å².